The Hall–Kier alpha value is -2.98. The highest BCUT2D eigenvalue weighted by atomic mass is 35.5. The average molecular weight is 554 g/mol. The Bertz CT molecular complexity index is 1230. The quantitative estimate of drug-likeness (QED) is 0.280. The molecule has 4 amide bonds. The van der Waals surface area contributed by atoms with Crippen LogP contribution in [0.5, 0.6) is 0 Å². The van der Waals surface area contributed by atoms with Gasteiger partial charge in [-0.15, -0.1) is 0 Å². The molecule has 1 aromatic heterocycles. The predicted octanol–water partition coefficient (Wildman–Crippen LogP) is 3.13. The molecule has 0 radical (unpaired) electrons. The first kappa shape index (κ1) is 28.6. The standard InChI is InChI=1S/C25H33Cl2N5O5/c1-5-12(4)19(31-24(36)37)22(34)32-25(23(35)30-18(11(2)3)21(28)33)7-6-17-15(10-25)14-8-13(26)9-16(27)20(14)29-17/h8-9,11-12,18-19,29,31H,5-7,10H2,1-4H3,(H2,28,33)(H,30,35)(H,32,34)(H,36,37)/t12-,18-,19?,25+/m0/s1. The summed E-state index contributed by atoms with van der Waals surface area (Å²) in [4.78, 5) is 54.1. The van der Waals surface area contributed by atoms with Crippen molar-refractivity contribution in [2.75, 3.05) is 0 Å². The van der Waals surface area contributed by atoms with E-state index in [4.69, 9.17) is 28.9 Å². The number of nitrogens with two attached hydrogens (primary N) is 1. The van der Waals surface area contributed by atoms with Gasteiger partial charge in [-0.25, -0.2) is 4.79 Å². The second-order valence-corrected chi connectivity index (χ2v) is 10.9. The lowest BCUT2D eigenvalue weighted by atomic mass is 9.78. The number of H-pyrrole nitrogens is 1. The zero-order valence-corrected chi connectivity index (χ0v) is 22.7. The van der Waals surface area contributed by atoms with Crippen molar-refractivity contribution in [3.63, 3.8) is 0 Å². The largest absolute Gasteiger partial charge is 0.465 e. The van der Waals surface area contributed by atoms with Gasteiger partial charge >= 0.3 is 6.09 Å². The second kappa shape index (κ2) is 11.2. The summed E-state index contributed by atoms with van der Waals surface area (Å²) in [5.41, 5.74) is 6.33. The lowest BCUT2D eigenvalue weighted by molar-refractivity contribution is -0.137. The Morgan fingerprint density at radius 1 is 1.14 bits per heavy atom. The molecule has 10 nitrogen and oxygen atoms in total. The summed E-state index contributed by atoms with van der Waals surface area (Å²) in [6.45, 7) is 7.08. The number of hydrogen-bond acceptors (Lipinski definition) is 4. The van der Waals surface area contributed by atoms with E-state index in [0.717, 1.165) is 16.6 Å². The summed E-state index contributed by atoms with van der Waals surface area (Å²) >= 11 is 12.7. The number of rotatable bonds is 9. The fourth-order valence-corrected chi connectivity index (χ4v) is 5.36. The Labute approximate surface area is 225 Å². The van der Waals surface area contributed by atoms with E-state index in [1.807, 2.05) is 6.92 Å². The monoisotopic (exact) mass is 553 g/mol. The van der Waals surface area contributed by atoms with Crippen LogP contribution >= 0.6 is 23.2 Å². The fraction of sp³-hybridized carbons (Fsp3) is 0.520. The summed E-state index contributed by atoms with van der Waals surface area (Å²) in [7, 11) is 0. The third-order valence-electron chi connectivity index (χ3n) is 7.13. The lowest BCUT2D eigenvalue weighted by Crippen LogP contribution is -2.67. The summed E-state index contributed by atoms with van der Waals surface area (Å²) in [5.74, 6) is -2.54. The Kier molecular flexibility index (Phi) is 8.64. The maximum Gasteiger partial charge on any atom is 0.405 e. The van der Waals surface area contributed by atoms with E-state index < -0.39 is 41.4 Å². The molecule has 1 heterocycles. The van der Waals surface area contributed by atoms with Crippen molar-refractivity contribution in [2.24, 2.45) is 17.6 Å². The number of halogens is 2. The van der Waals surface area contributed by atoms with Crippen LogP contribution in [0.3, 0.4) is 0 Å². The average Bonchev–Trinajstić information content (AvgIpc) is 3.17. The number of aromatic amines is 1. The number of nitrogens with one attached hydrogen (secondary N) is 4. The molecular weight excluding hydrogens is 521 g/mol. The maximum atomic E-state index is 13.8. The number of hydrogen-bond donors (Lipinski definition) is 6. The first-order valence-electron chi connectivity index (χ1n) is 12.2. The van der Waals surface area contributed by atoms with Gasteiger partial charge in [0, 0.05) is 22.5 Å². The highest BCUT2D eigenvalue weighted by molar-refractivity contribution is 6.38. The number of primary amides is 1. The van der Waals surface area contributed by atoms with Crippen LogP contribution in [0.25, 0.3) is 10.9 Å². The molecule has 0 fully saturated rings. The van der Waals surface area contributed by atoms with Gasteiger partial charge in [-0.3, -0.25) is 14.4 Å². The number of fused-ring (bicyclic) bond motifs is 3. The van der Waals surface area contributed by atoms with Crippen LogP contribution in [0, 0.1) is 11.8 Å². The van der Waals surface area contributed by atoms with Crippen molar-refractivity contribution < 1.29 is 24.3 Å². The van der Waals surface area contributed by atoms with Gasteiger partial charge in [-0.1, -0.05) is 57.3 Å². The zero-order chi connectivity index (χ0) is 27.7. The number of benzene rings is 1. The molecule has 0 aliphatic heterocycles. The summed E-state index contributed by atoms with van der Waals surface area (Å²) in [5, 5.41) is 18.7. The third kappa shape index (κ3) is 5.96. The molecule has 3 rings (SSSR count). The summed E-state index contributed by atoms with van der Waals surface area (Å²) in [6.07, 6.45) is -0.174. The third-order valence-corrected chi connectivity index (χ3v) is 7.65. The molecule has 0 spiro atoms. The van der Waals surface area contributed by atoms with Gasteiger partial charge in [0.25, 0.3) is 0 Å². The van der Waals surface area contributed by atoms with Crippen molar-refractivity contribution in [1.82, 2.24) is 20.9 Å². The van der Waals surface area contributed by atoms with Crippen LogP contribution in [0.15, 0.2) is 12.1 Å². The van der Waals surface area contributed by atoms with Gasteiger partial charge in [0.2, 0.25) is 17.7 Å². The highest BCUT2D eigenvalue weighted by Gasteiger charge is 2.46. The molecule has 0 bridgehead atoms. The van der Waals surface area contributed by atoms with Crippen molar-refractivity contribution in [1.29, 1.82) is 0 Å². The predicted molar refractivity (Wildman–Crippen MR) is 142 cm³/mol. The minimum atomic E-state index is -1.48. The van der Waals surface area contributed by atoms with Gasteiger partial charge in [-0.05, 0) is 42.4 Å². The van der Waals surface area contributed by atoms with Crippen LogP contribution < -0.4 is 21.7 Å². The van der Waals surface area contributed by atoms with Crippen LogP contribution in [0.2, 0.25) is 10.0 Å². The molecule has 12 heteroatoms. The molecule has 202 valence electrons. The molecule has 1 aliphatic carbocycles. The van der Waals surface area contributed by atoms with E-state index in [1.54, 1.807) is 32.9 Å². The highest BCUT2D eigenvalue weighted by Crippen LogP contribution is 2.38. The van der Waals surface area contributed by atoms with Gasteiger partial charge < -0.3 is 31.8 Å². The molecular formula is C25H33Cl2N5O5. The number of carbonyl (C=O) groups excluding carboxylic acids is 3. The first-order valence-corrected chi connectivity index (χ1v) is 13.0. The minimum Gasteiger partial charge on any atom is -0.465 e. The maximum absolute atomic E-state index is 13.8. The number of carboxylic acid groups (broad SMARTS) is 1. The van der Waals surface area contributed by atoms with E-state index in [2.05, 4.69) is 20.9 Å². The second-order valence-electron chi connectivity index (χ2n) is 10.1. The van der Waals surface area contributed by atoms with E-state index in [-0.39, 0.29) is 24.7 Å². The topological polar surface area (TPSA) is 166 Å². The molecule has 1 aromatic carbocycles. The molecule has 37 heavy (non-hydrogen) atoms. The molecule has 7 N–H and O–H groups in total. The SMILES string of the molecule is CC[C@H](C)C(NC(=O)O)C(=O)N[C@]1(C(=O)N[C@H](C(N)=O)C(C)C)CCc2[nH]c3c(Cl)cc(Cl)cc3c2C1. The molecule has 0 saturated heterocycles. The normalized spacial score (nSPS) is 19.5. The number of amides is 4. The van der Waals surface area contributed by atoms with Crippen LogP contribution in [0.4, 0.5) is 4.79 Å². The first-order chi connectivity index (χ1) is 17.3. The van der Waals surface area contributed by atoms with E-state index in [1.165, 1.54) is 0 Å². The van der Waals surface area contributed by atoms with Crippen LogP contribution in [-0.4, -0.2) is 51.5 Å². The smallest absolute Gasteiger partial charge is 0.405 e. The zero-order valence-electron chi connectivity index (χ0n) is 21.2. The van der Waals surface area contributed by atoms with Crippen molar-refractivity contribution in [3.05, 3.63) is 33.4 Å². The van der Waals surface area contributed by atoms with Crippen molar-refractivity contribution >= 4 is 57.9 Å². The van der Waals surface area contributed by atoms with E-state index >= 15 is 0 Å². The lowest BCUT2D eigenvalue weighted by Gasteiger charge is -2.39. The molecule has 1 aliphatic rings. The minimum absolute atomic E-state index is 0.0699. The Morgan fingerprint density at radius 3 is 2.38 bits per heavy atom. The van der Waals surface area contributed by atoms with Gasteiger partial charge in [-0.2, -0.15) is 0 Å². The number of aryl methyl sites for hydroxylation is 1. The fourth-order valence-electron chi connectivity index (χ4n) is 4.82. The summed E-state index contributed by atoms with van der Waals surface area (Å²) in [6, 6.07) is 1.31. The summed E-state index contributed by atoms with van der Waals surface area (Å²) < 4.78 is 0. The Morgan fingerprint density at radius 2 is 1.81 bits per heavy atom. The van der Waals surface area contributed by atoms with Gasteiger partial charge in [0.15, 0.2) is 0 Å². The van der Waals surface area contributed by atoms with Gasteiger partial charge in [0.05, 0.1) is 10.5 Å². The van der Waals surface area contributed by atoms with E-state index in [0.29, 0.717) is 28.4 Å². The van der Waals surface area contributed by atoms with Crippen molar-refractivity contribution in [3.8, 4) is 0 Å². The van der Waals surface area contributed by atoms with E-state index in [9.17, 15) is 24.3 Å². The van der Waals surface area contributed by atoms with Gasteiger partial charge in [0.1, 0.15) is 17.6 Å². The van der Waals surface area contributed by atoms with Crippen LogP contribution in [-0.2, 0) is 27.2 Å². The molecule has 0 saturated carbocycles. The van der Waals surface area contributed by atoms with Crippen molar-refractivity contribution in [2.45, 2.75) is 71.0 Å². The Balaban J connectivity index is 2.08. The molecule has 1 unspecified atom stereocenters. The van der Waals surface area contributed by atoms with Crippen LogP contribution in [0.1, 0.15) is 51.8 Å². The molecule has 4 atom stereocenters. The number of carbonyl (C=O) groups is 4. The molecule has 2 aromatic rings. The number of aromatic nitrogens is 1.